The van der Waals surface area contributed by atoms with E-state index in [1.807, 2.05) is 48.7 Å². The predicted molar refractivity (Wildman–Crippen MR) is 97.1 cm³/mol. The van der Waals surface area contributed by atoms with E-state index in [9.17, 15) is 0 Å². The largest absolute Gasteiger partial charge is 0.336 e. The van der Waals surface area contributed by atoms with Crippen molar-refractivity contribution >= 4 is 35.0 Å². The van der Waals surface area contributed by atoms with Gasteiger partial charge < -0.3 is 4.57 Å². The zero-order valence-corrected chi connectivity index (χ0v) is 15.2. The van der Waals surface area contributed by atoms with Crippen LogP contribution in [0.4, 0.5) is 0 Å². The summed E-state index contributed by atoms with van der Waals surface area (Å²) in [5.41, 5.74) is 0. The third-order valence-corrected chi connectivity index (χ3v) is 5.53. The number of rotatable bonds is 9. The molecule has 22 heavy (non-hydrogen) atoms. The number of hydrogen-bond acceptors (Lipinski definition) is 2. The quantitative estimate of drug-likeness (QED) is 0.386. The first-order valence-corrected chi connectivity index (χ1v) is 9.40. The summed E-state index contributed by atoms with van der Waals surface area (Å²) in [5, 5.41) is 1.75. The monoisotopic (exact) mass is 356 g/mol. The first kappa shape index (κ1) is 17.7. The lowest BCUT2D eigenvalue weighted by atomic mass is 10.1. The molecule has 1 unspecified atom stereocenters. The molecule has 2 rings (SSSR count). The van der Waals surface area contributed by atoms with E-state index in [0.29, 0.717) is 15.3 Å². The highest BCUT2D eigenvalue weighted by molar-refractivity contribution is 8.00. The summed E-state index contributed by atoms with van der Waals surface area (Å²) in [7, 11) is 0. The molecule has 5 heteroatoms. The zero-order chi connectivity index (χ0) is 15.8. The molecule has 0 aliphatic carbocycles. The van der Waals surface area contributed by atoms with Crippen LogP contribution in [0.1, 0.15) is 39.0 Å². The van der Waals surface area contributed by atoms with E-state index in [1.54, 1.807) is 0 Å². The second-order valence-electron chi connectivity index (χ2n) is 5.42. The molecule has 0 bridgehead atoms. The molecule has 2 nitrogen and oxygen atoms in total. The van der Waals surface area contributed by atoms with E-state index in [-0.39, 0.29) is 0 Å². The highest BCUT2D eigenvalue weighted by atomic mass is 35.5. The molecule has 1 atom stereocenters. The first-order chi connectivity index (χ1) is 10.7. The fourth-order valence-corrected chi connectivity index (χ4v) is 3.97. The number of aromatic nitrogens is 2. The van der Waals surface area contributed by atoms with Crippen LogP contribution in [0.3, 0.4) is 0 Å². The molecule has 0 aliphatic heterocycles. The van der Waals surface area contributed by atoms with Crippen molar-refractivity contribution < 1.29 is 0 Å². The van der Waals surface area contributed by atoms with E-state index in [1.165, 1.54) is 37.0 Å². The molecule has 0 N–H and O–H groups in total. The number of thioether (sulfide) groups is 1. The average Bonchev–Trinajstić information content (AvgIpc) is 3.00. The molecule has 0 aliphatic rings. The minimum Gasteiger partial charge on any atom is -0.336 e. The fourth-order valence-electron chi connectivity index (χ4n) is 2.36. The Morgan fingerprint density at radius 2 is 2.05 bits per heavy atom. The third-order valence-electron chi connectivity index (χ3n) is 3.55. The third kappa shape index (κ3) is 5.86. The number of imidazole rings is 1. The molecule has 0 radical (unpaired) electrons. The van der Waals surface area contributed by atoms with Gasteiger partial charge in [-0.25, -0.2) is 4.98 Å². The van der Waals surface area contributed by atoms with Crippen LogP contribution in [-0.2, 0) is 6.54 Å². The Hall–Kier alpha value is -0.640. The second kappa shape index (κ2) is 9.49. The Kier molecular flexibility index (Phi) is 7.64. The lowest BCUT2D eigenvalue weighted by Gasteiger charge is -2.17. The second-order valence-corrected chi connectivity index (χ2v) is 7.61. The van der Waals surface area contributed by atoms with Gasteiger partial charge in [-0.3, -0.25) is 0 Å². The van der Waals surface area contributed by atoms with Gasteiger partial charge >= 0.3 is 0 Å². The zero-order valence-electron chi connectivity index (χ0n) is 12.8. The molecular weight excluding hydrogens is 335 g/mol. The first-order valence-electron chi connectivity index (χ1n) is 7.76. The van der Waals surface area contributed by atoms with E-state index in [4.69, 9.17) is 23.2 Å². The Morgan fingerprint density at radius 3 is 2.73 bits per heavy atom. The Balaban J connectivity index is 1.97. The summed E-state index contributed by atoms with van der Waals surface area (Å²) in [6.07, 6.45) is 12.1. The van der Waals surface area contributed by atoms with Crippen LogP contribution in [0.15, 0.2) is 41.8 Å². The number of halogens is 2. The normalized spacial score (nSPS) is 12.5. The van der Waals surface area contributed by atoms with Crippen LogP contribution in [0.5, 0.6) is 0 Å². The summed E-state index contributed by atoms with van der Waals surface area (Å²) >= 11 is 14.0. The van der Waals surface area contributed by atoms with Gasteiger partial charge in [0, 0.05) is 29.1 Å². The van der Waals surface area contributed by atoms with Crippen LogP contribution in [0.2, 0.25) is 10.0 Å². The van der Waals surface area contributed by atoms with Crippen LogP contribution in [0, 0.1) is 0 Å². The molecule has 1 heterocycles. The Labute approximate surface area is 147 Å². The summed E-state index contributed by atoms with van der Waals surface area (Å²) in [6.45, 7) is 3.21. The SMILES string of the molecule is CCCCCCC(Cn1ccnc1)Sc1ccc(Cl)c(Cl)c1. The minimum absolute atomic E-state index is 0.517. The van der Waals surface area contributed by atoms with E-state index in [0.717, 1.165) is 6.54 Å². The summed E-state index contributed by atoms with van der Waals surface area (Å²) in [5.74, 6) is 0. The maximum absolute atomic E-state index is 6.13. The van der Waals surface area contributed by atoms with Crippen LogP contribution >= 0.6 is 35.0 Å². The van der Waals surface area contributed by atoms with E-state index < -0.39 is 0 Å². The van der Waals surface area contributed by atoms with Crippen LogP contribution in [-0.4, -0.2) is 14.8 Å². The van der Waals surface area contributed by atoms with E-state index >= 15 is 0 Å². The van der Waals surface area contributed by atoms with Crippen LogP contribution in [0.25, 0.3) is 0 Å². The van der Waals surface area contributed by atoms with Gasteiger partial charge in [0.15, 0.2) is 0 Å². The van der Waals surface area contributed by atoms with Crippen molar-refractivity contribution in [2.75, 3.05) is 0 Å². The summed E-state index contributed by atoms with van der Waals surface area (Å²) in [4.78, 5) is 5.31. The summed E-state index contributed by atoms with van der Waals surface area (Å²) < 4.78 is 2.15. The van der Waals surface area contributed by atoms with Gasteiger partial charge in [-0.15, -0.1) is 11.8 Å². The fraction of sp³-hybridized carbons (Fsp3) is 0.471. The smallest absolute Gasteiger partial charge is 0.0946 e. The lowest BCUT2D eigenvalue weighted by Crippen LogP contribution is -2.12. The molecular formula is C17H22Cl2N2S. The number of unbranched alkanes of at least 4 members (excludes halogenated alkanes) is 3. The van der Waals surface area contributed by atoms with Crippen LogP contribution < -0.4 is 0 Å². The van der Waals surface area contributed by atoms with Crippen molar-refractivity contribution in [3.8, 4) is 0 Å². The highest BCUT2D eigenvalue weighted by Crippen LogP contribution is 2.32. The molecule has 120 valence electrons. The van der Waals surface area contributed by atoms with Gasteiger partial charge in [0.25, 0.3) is 0 Å². The lowest BCUT2D eigenvalue weighted by molar-refractivity contribution is 0.569. The summed E-state index contributed by atoms with van der Waals surface area (Å²) in [6, 6.07) is 5.88. The molecule has 0 fully saturated rings. The molecule has 0 saturated heterocycles. The van der Waals surface area contributed by atoms with Gasteiger partial charge in [-0.2, -0.15) is 0 Å². The predicted octanol–water partition coefficient (Wildman–Crippen LogP) is 6.32. The van der Waals surface area contributed by atoms with Crippen molar-refractivity contribution in [3.63, 3.8) is 0 Å². The standard InChI is InChI=1S/C17H22Cl2N2S/c1-2-3-4-5-6-15(12-21-10-9-20-13-21)22-14-7-8-16(18)17(19)11-14/h7-11,13,15H,2-6,12H2,1H3. The molecule has 0 saturated carbocycles. The molecule has 2 aromatic rings. The molecule has 0 amide bonds. The topological polar surface area (TPSA) is 17.8 Å². The van der Waals surface area contributed by atoms with Crippen molar-refractivity contribution in [2.24, 2.45) is 0 Å². The van der Waals surface area contributed by atoms with Gasteiger partial charge in [-0.1, -0.05) is 55.8 Å². The minimum atomic E-state index is 0.517. The molecule has 1 aromatic heterocycles. The average molecular weight is 357 g/mol. The van der Waals surface area contributed by atoms with Crippen molar-refractivity contribution in [1.29, 1.82) is 0 Å². The molecule has 1 aromatic carbocycles. The Bertz CT molecular complexity index is 558. The van der Waals surface area contributed by atoms with E-state index in [2.05, 4.69) is 16.5 Å². The van der Waals surface area contributed by atoms with Crippen molar-refractivity contribution in [1.82, 2.24) is 9.55 Å². The highest BCUT2D eigenvalue weighted by Gasteiger charge is 2.12. The van der Waals surface area contributed by atoms with Crippen molar-refractivity contribution in [3.05, 3.63) is 47.0 Å². The van der Waals surface area contributed by atoms with Gasteiger partial charge in [0.1, 0.15) is 0 Å². The van der Waals surface area contributed by atoms with Gasteiger partial charge in [0.2, 0.25) is 0 Å². The van der Waals surface area contributed by atoms with Gasteiger partial charge in [-0.05, 0) is 24.6 Å². The maximum Gasteiger partial charge on any atom is 0.0946 e. The number of benzene rings is 1. The maximum atomic E-state index is 6.13. The van der Waals surface area contributed by atoms with Crippen molar-refractivity contribution in [2.45, 2.75) is 55.7 Å². The number of hydrogen-bond donors (Lipinski definition) is 0. The van der Waals surface area contributed by atoms with Gasteiger partial charge in [0.05, 0.1) is 16.4 Å². The number of nitrogens with zero attached hydrogens (tertiary/aromatic N) is 2. The molecule has 0 spiro atoms. The Morgan fingerprint density at radius 1 is 1.18 bits per heavy atom.